The van der Waals surface area contributed by atoms with Crippen molar-refractivity contribution in [2.45, 2.75) is 78.9 Å². The van der Waals surface area contributed by atoms with Crippen LogP contribution in [0.2, 0.25) is 0 Å². The highest BCUT2D eigenvalue weighted by Gasteiger charge is 2.71. The van der Waals surface area contributed by atoms with Crippen molar-refractivity contribution in [3.05, 3.63) is 152 Å². The van der Waals surface area contributed by atoms with E-state index in [-0.39, 0.29) is 30.3 Å². The average molecular weight is 1890 g/mol. The maximum atomic E-state index is 16.1. The number of aromatic hydroxyl groups is 25. The summed E-state index contributed by atoms with van der Waals surface area (Å²) in [4.78, 5) is 164. The minimum Gasteiger partial charge on any atom is -0.504 e. The smallest absolute Gasteiger partial charge is 0.342 e. The molecule has 28 N–H and O–H groups in total. The molecule has 9 aromatic rings. The number of hydrogen-bond donors (Lipinski definition) is 28. The van der Waals surface area contributed by atoms with E-state index in [1.54, 1.807) is 0 Å². The van der Waals surface area contributed by atoms with Crippen LogP contribution in [0.5, 0.6) is 161 Å². The SMILES string of the molecule is O=C1O[C@H]2[C@@H]3OC(=O)c4cc(Oc5c(C(=O)O[C@H]6[C@H](OC(=O)c7cc(O)c(O)c(O)c7)O[C@H](COC(=O)c7cc(O)c(O)c(O)c7)[C@@H](OC(=O)c7cc(O)c(O)c(O)c7)[C@@H]6OC(=O)c6cc(O)c(O)c(O)c6)cc(O)c(O)c5O)c(O)c(O)c4-c4c(cc(O)c(O)c4O)C(=O)OC[C@H]2O[C@@H](OC(=O)c2cc(O)c(O)c(O)c2)[C@@H]3OC(=O)c2cc(O)c(O)c3c2[C@@H]2C1=CC(=O)[C@](O)(O3)C2(O)O. The van der Waals surface area contributed by atoms with Crippen LogP contribution in [0.25, 0.3) is 11.1 Å². The largest absolute Gasteiger partial charge is 0.504 e. The highest BCUT2D eigenvalue weighted by atomic mass is 16.8. The number of carbonyl (C=O) groups excluding carboxylic acids is 11. The summed E-state index contributed by atoms with van der Waals surface area (Å²) in [6.07, 6.45) is -29.1. The van der Waals surface area contributed by atoms with Gasteiger partial charge in [0.15, 0.2) is 157 Å². The van der Waals surface area contributed by atoms with Gasteiger partial charge in [0.05, 0.1) is 56.0 Å². The number of phenolic OH excluding ortho intramolecular Hbond substituents is 25. The Morgan fingerprint density at radius 3 is 1.25 bits per heavy atom. The molecule has 0 aromatic heterocycles. The molecule has 2 saturated heterocycles. The summed E-state index contributed by atoms with van der Waals surface area (Å²) >= 11 is 0. The number of hydrogen-bond acceptors (Lipinski definition) is 53. The minimum atomic E-state index is -4.23. The molecule has 0 spiro atoms. The molecule has 53 nitrogen and oxygen atoms in total. The van der Waals surface area contributed by atoms with E-state index in [1.165, 1.54) is 0 Å². The molecule has 9 aromatic carbocycles. The van der Waals surface area contributed by atoms with E-state index >= 15 is 19.2 Å². The molecule has 0 amide bonds. The van der Waals surface area contributed by atoms with Gasteiger partial charge in [0, 0.05) is 28.8 Å². The Balaban J connectivity index is 0.904. The van der Waals surface area contributed by atoms with Gasteiger partial charge in [0.2, 0.25) is 59.3 Å². The van der Waals surface area contributed by atoms with E-state index < -0.39 is 391 Å². The van der Waals surface area contributed by atoms with E-state index in [9.17, 15) is 177 Å². The first-order valence-corrected chi connectivity index (χ1v) is 37.5. The molecule has 5 aliphatic heterocycles. The zero-order valence-electron chi connectivity index (χ0n) is 66.2. The Morgan fingerprint density at radius 2 is 0.748 bits per heavy atom. The fourth-order valence-corrected chi connectivity index (χ4v) is 14.7. The van der Waals surface area contributed by atoms with Crippen LogP contribution < -0.4 is 9.47 Å². The molecule has 5 heterocycles. The number of esters is 10. The molecule has 6 bridgehead atoms. The Kier molecular flexibility index (Phi) is 22.4. The van der Waals surface area contributed by atoms with Gasteiger partial charge in [0.25, 0.3) is 5.79 Å². The van der Waals surface area contributed by atoms with E-state index in [0.717, 1.165) is 0 Å². The van der Waals surface area contributed by atoms with Gasteiger partial charge in [-0.1, -0.05) is 0 Å². The van der Waals surface area contributed by atoms with Crippen LogP contribution in [-0.4, -0.2) is 295 Å². The summed E-state index contributed by atoms with van der Waals surface area (Å²) in [5.41, 5.74) is -17.0. The lowest BCUT2D eigenvalue weighted by Crippen LogP contribution is -2.70. The Bertz CT molecular complexity index is 6630. The molecule has 704 valence electrons. The predicted molar refractivity (Wildman–Crippen MR) is 412 cm³/mol. The first-order valence-electron chi connectivity index (χ1n) is 37.5. The lowest BCUT2D eigenvalue weighted by atomic mass is 9.70. The van der Waals surface area contributed by atoms with E-state index in [4.69, 9.17) is 66.3 Å². The van der Waals surface area contributed by atoms with Gasteiger partial charge >= 0.3 is 65.5 Å². The summed E-state index contributed by atoms with van der Waals surface area (Å²) in [6.45, 7) is -3.19. The van der Waals surface area contributed by atoms with E-state index in [0.29, 0.717) is 60.7 Å². The van der Waals surface area contributed by atoms with E-state index in [1.807, 2.05) is 0 Å². The number of ketones is 1. The number of carbonyl (C=O) groups is 11. The lowest BCUT2D eigenvalue weighted by Gasteiger charge is -2.49. The van der Waals surface area contributed by atoms with Crippen LogP contribution in [0.1, 0.15) is 105 Å². The zero-order chi connectivity index (χ0) is 98.3. The third-order valence-electron chi connectivity index (χ3n) is 21.3. The molecule has 0 radical (unpaired) electrons. The topological polar surface area (TPSA) is 883 Å². The van der Waals surface area contributed by atoms with Crippen LogP contribution in [0, 0.1) is 0 Å². The fraction of sp³-hybridized carbons (Fsp3) is 0.183. The second-order valence-electron chi connectivity index (χ2n) is 29.6. The van der Waals surface area contributed by atoms with Crippen molar-refractivity contribution in [1.82, 2.24) is 0 Å². The van der Waals surface area contributed by atoms with Crippen molar-refractivity contribution in [3.8, 4) is 172 Å². The van der Waals surface area contributed by atoms with Crippen molar-refractivity contribution in [3.63, 3.8) is 0 Å². The number of benzene rings is 9. The fourth-order valence-electron chi connectivity index (χ4n) is 14.7. The Hall–Kier alpha value is -18.5. The number of cyclic esters (lactones) is 1. The standard InChI is InChI=1S/C82H58O53/c83-28-1-18(2-29(84)49(28)97)69(109)122-16-42-62(127-70(110)19-3-30(85)50(98)31(86)4-19)65(129-71(111)20-5-32(87)51(99)33(88)6-20)67(79(125-42)133-72(112)21-7-34(89)52(100)35(90)8-21)132-78(118)27-13-39(94)55(103)60(108)61(27)124-41-14-25-46(59(107)57(41)105)45-23(11-38(93)54(102)58(45)106)74(114)123-17-43-63-66(130-76(25)116)68(80(126-43)134-73(113)22-9-36(91)53(101)37(92)10-22)131-75(115)24-12-40(95)56(104)64-47(24)48-26(77(117)128-63)15-44(96)82(121,135-64)81(48,119)120/h1-15,42-43,48,62-63,65-68,79-80,83-95,97-108,119-121H,16-17H2/t42-,43-,48+,62-,63-,65+,66+,67-,68-,79+,80+,82+/m1/s1. The van der Waals surface area contributed by atoms with Crippen molar-refractivity contribution in [2.24, 2.45) is 0 Å². The molecule has 6 aliphatic rings. The molecule has 2 fully saturated rings. The molecular formula is C82H58O53. The lowest BCUT2D eigenvalue weighted by molar-refractivity contribution is -0.339. The maximum absolute atomic E-state index is 16.1. The molecule has 12 atom stereocenters. The van der Waals surface area contributed by atoms with Gasteiger partial charge in [-0.3, -0.25) is 4.79 Å². The number of aliphatic hydroxyl groups is 3. The summed E-state index contributed by atoms with van der Waals surface area (Å²) in [5.74, 6) is -75.5. The molecule has 135 heavy (non-hydrogen) atoms. The average Bonchev–Trinajstić information content (AvgIpc) is 1.38. The van der Waals surface area contributed by atoms with Crippen LogP contribution in [-0.2, 0) is 66.4 Å². The molecule has 53 heteroatoms. The summed E-state index contributed by atoms with van der Waals surface area (Å²) in [5, 5.41) is 308. The van der Waals surface area contributed by atoms with Gasteiger partial charge in [-0.2, -0.15) is 0 Å². The number of fused-ring (bicyclic) bond motifs is 4. The summed E-state index contributed by atoms with van der Waals surface area (Å²) in [7, 11) is 0. The summed E-state index contributed by atoms with van der Waals surface area (Å²) in [6, 6.07) is 4.43. The van der Waals surface area contributed by atoms with Gasteiger partial charge in [-0.15, -0.1) is 0 Å². The number of ether oxygens (including phenoxy) is 14. The second kappa shape index (κ2) is 33.2. The van der Waals surface area contributed by atoms with E-state index in [2.05, 4.69) is 0 Å². The van der Waals surface area contributed by atoms with Crippen molar-refractivity contribution in [1.29, 1.82) is 0 Å². The monoisotopic (exact) mass is 1890 g/mol. The third kappa shape index (κ3) is 15.5. The Labute approximate surface area is 741 Å². The van der Waals surface area contributed by atoms with Crippen LogP contribution >= 0.6 is 0 Å². The molecular weight excluding hydrogens is 1830 g/mol. The molecule has 1 aliphatic carbocycles. The van der Waals surface area contributed by atoms with Crippen LogP contribution in [0.3, 0.4) is 0 Å². The van der Waals surface area contributed by atoms with Crippen molar-refractivity contribution in [2.75, 3.05) is 13.2 Å². The normalized spacial score (nSPS) is 21.8. The van der Waals surface area contributed by atoms with Gasteiger partial charge in [0.1, 0.15) is 31.0 Å². The maximum Gasteiger partial charge on any atom is 0.342 e. The molecule has 15 rings (SSSR count). The van der Waals surface area contributed by atoms with Gasteiger partial charge in [-0.25, -0.2) is 47.9 Å². The quantitative estimate of drug-likeness (QED) is 0.0294. The van der Waals surface area contributed by atoms with Crippen LogP contribution in [0.15, 0.2) is 96.6 Å². The Morgan fingerprint density at radius 1 is 0.356 bits per heavy atom. The number of phenols is 25. The second-order valence-corrected chi connectivity index (χ2v) is 29.6. The van der Waals surface area contributed by atoms with Crippen molar-refractivity contribution >= 4 is 65.5 Å². The van der Waals surface area contributed by atoms with Gasteiger partial charge < -0.3 is 209 Å². The molecule has 0 unspecified atom stereocenters. The predicted octanol–water partition coefficient (Wildman–Crippen LogP) is 0.985. The van der Waals surface area contributed by atoms with Gasteiger partial charge in [-0.05, 0) is 78.9 Å². The third-order valence-corrected chi connectivity index (χ3v) is 21.3. The summed E-state index contributed by atoms with van der Waals surface area (Å²) < 4.78 is 79.8. The highest BCUT2D eigenvalue weighted by Crippen LogP contribution is 2.61. The molecule has 0 saturated carbocycles. The first-order chi connectivity index (χ1) is 63.4. The van der Waals surface area contributed by atoms with Crippen molar-refractivity contribution < 1.29 is 262 Å². The number of rotatable bonds is 15. The minimum absolute atomic E-state index is 0.0142. The highest BCUT2D eigenvalue weighted by molar-refractivity contribution is 6.11. The van der Waals surface area contributed by atoms with Crippen LogP contribution in [0.4, 0.5) is 0 Å². The zero-order valence-corrected chi connectivity index (χ0v) is 66.2. The first kappa shape index (κ1) is 91.2.